The number of ether oxygens (including phenoxy) is 1. The second-order valence-corrected chi connectivity index (χ2v) is 7.89. The smallest absolute Gasteiger partial charge is 0.311 e. The predicted octanol–water partition coefficient (Wildman–Crippen LogP) is 2.55. The molecule has 0 unspecified atom stereocenters. The lowest BCUT2D eigenvalue weighted by Crippen LogP contribution is -2.28. The molecule has 2 heterocycles. The second-order valence-electron chi connectivity index (χ2n) is 7.89. The molecule has 1 fully saturated rings. The summed E-state index contributed by atoms with van der Waals surface area (Å²) in [6.45, 7) is 1.87. The Morgan fingerprint density at radius 2 is 1.84 bits per heavy atom. The second kappa shape index (κ2) is 8.34. The van der Waals surface area contributed by atoms with Crippen LogP contribution in [0.2, 0.25) is 0 Å². The molecule has 2 aromatic carbocycles. The first-order valence-electron chi connectivity index (χ1n) is 10.4. The van der Waals surface area contributed by atoms with Crippen LogP contribution in [-0.4, -0.2) is 43.8 Å². The molecule has 2 aromatic rings. The molecule has 0 spiro atoms. The molecule has 1 saturated heterocycles. The monoisotopic (exact) mass is 420 g/mol. The highest BCUT2D eigenvalue weighted by Crippen LogP contribution is 2.30. The van der Waals surface area contributed by atoms with Gasteiger partial charge < -0.3 is 14.5 Å². The zero-order chi connectivity index (χ0) is 22.1. The molecule has 0 aromatic heterocycles. The molecule has 0 N–H and O–H groups in total. The van der Waals surface area contributed by atoms with E-state index in [0.717, 1.165) is 28.9 Å². The first-order chi connectivity index (χ1) is 14.9. The third-order valence-corrected chi connectivity index (χ3v) is 5.95. The number of benzene rings is 2. The number of esters is 1. The summed E-state index contributed by atoms with van der Waals surface area (Å²) >= 11 is 0. The standard InChI is InChI=1S/C24H24N2O5/c1-3-15-6-4-5-7-20(15)26-13-18(12-23(26)29)24(30)31-14-21(27)16-8-9-19-17(10-16)11-22(28)25(19)2/h4-10,18H,3,11-14H2,1-2H3/t18-/m1/s1. The fourth-order valence-electron chi connectivity index (χ4n) is 4.15. The molecule has 31 heavy (non-hydrogen) atoms. The Morgan fingerprint density at radius 3 is 2.61 bits per heavy atom. The Morgan fingerprint density at radius 1 is 1.06 bits per heavy atom. The van der Waals surface area contributed by atoms with Crippen molar-refractivity contribution in [2.24, 2.45) is 5.92 Å². The van der Waals surface area contributed by atoms with Gasteiger partial charge in [-0.25, -0.2) is 0 Å². The Balaban J connectivity index is 1.37. The first-order valence-corrected chi connectivity index (χ1v) is 10.4. The van der Waals surface area contributed by atoms with Gasteiger partial charge in [-0.1, -0.05) is 25.1 Å². The van der Waals surface area contributed by atoms with Crippen molar-refractivity contribution in [2.45, 2.75) is 26.2 Å². The Kier molecular flexibility index (Phi) is 5.59. The van der Waals surface area contributed by atoms with Crippen molar-refractivity contribution in [3.8, 4) is 0 Å². The van der Waals surface area contributed by atoms with Gasteiger partial charge in [-0.2, -0.15) is 0 Å². The van der Waals surface area contributed by atoms with Crippen LogP contribution in [0.25, 0.3) is 0 Å². The van der Waals surface area contributed by atoms with Gasteiger partial charge in [0.2, 0.25) is 11.8 Å². The van der Waals surface area contributed by atoms with Gasteiger partial charge in [0.1, 0.15) is 0 Å². The van der Waals surface area contributed by atoms with Gasteiger partial charge in [0.25, 0.3) is 0 Å². The van der Waals surface area contributed by atoms with Gasteiger partial charge in [-0.3, -0.25) is 19.2 Å². The molecule has 2 aliphatic rings. The number of aryl methyl sites for hydroxylation is 1. The fraction of sp³-hybridized carbons (Fsp3) is 0.333. The van der Waals surface area contributed by atoms with E-state index in [-0.39, 0.29) is 37.0 Å². The number of ketones is 1. The van der Waals surface area contributed by atoms with Crippen LogP contribution in [0.15, 0.2) is 42.5 Å². The average molecular weight is 420 g/mol. The minimum absolute atomic E-state index is 0.0221. The van der Waals surface area contributed by atoms with Crippen LogP contribution in [0.1, 0.15) is 34.8 Å². The van der Waals surface area contributed by atoms with E-state index in [2.05, 4.69) is 0 Å². The fourth-order valence-corrected chi connectivity index (χ4v) is 4.15. The van der Waals surface area contributed by atoms with E-state index < -0.39 is 18.5 Å². The lowest BCUT2D eigenvalue weighted by atomic mass is 10.1. The van der Waals surface area contributed by atoms with E-state index >= 15 is 0 Å². The van der Waals surface area contributed by atoms with Gasteiger partial charge in [0.15, 0.2) is 12.4 Å². The molecule has 7 nitrogen and oxygen atoms in total. The topological polar surface area (TPSA) is 84.0 Å². The Labute approximate surface area is 180 Å². The summed E-state index contributed by atoms with van der Waals surface area (Å²) in [5, 5.41) is 0. The molecule has 0 radical (unpaired) electrons. The highest BCUT2D eigenvalue weighted by Gasteiger charge is 2.37. The maximum atomic E-state index is 12.5. The Bertz CT molecular complexity index is 1080. The molecule has 0 aliphatic carbocycles. The maximum Gasteiger partial charge on any atom is 0.311 e. The zero-order valence-corrected chi connectivity index (χ0v) is 17.6. The summed E-state index contributed by atoms with van der Waals surface area (Å²) in [6.07, 6.45) is 1.11. The third-order valence-electron chi connectivity index (χ3n) is 5.95. The minimum atomic E-state index is -0.600. The van der Waals surface area contributed by atoms with Crippen LogP contribution in [-0.2, 0) is 32.0 Å². The number of carbonyl (C=O) groups excluding carboxylic acids is 4. The number of Topliss-reactive ketones (excluding diaryl/α,β-unsaturated/α-hetero) is 1. The van der Waals surface area contributed by atoms with E-state index in [9.17, 15) is 19.2 Å². The number of carbonyl (C=O) groups is 4. The van der Waals surface area contributed by atoms with Crippen molar-refractivity contribution < 1.29 is 23.9 Å². The van der Waals surface area contributed by atoms with Crippen molar-refractivity contribution in [3.05, 3.63) is 59.2 Å². The highest BCUT2D eigenvalue weighted by atomic mass is 16.5. The largest absolute Gasteiger partial charge is 0.457 e. The molecule has 160 valence electrons. The molecular formula is C24H24N2O5. The van der Waals surface area contributed by atoms with Crippen LogP contribution in [0.4, 0.5) is 11.4 Å². The van der Waals surface area contributed by atoms with E-state index in [0.29, 0.717) is 5.56 Å². The van der Waals surface area contributed by atoms with Crippen molar-refractivity contribution in [1.82, 2.24) is 0 Å². The average Bonchev–Trinajstić information content (AvgIpc) is 3.30. The number of hydrogen-bond acceptors (Lipinski definition) is 5. The molecular weight excluding hydrogens is 396 g/mol. The normalized spacial score (nSPS) is 17.8. The summed E-state index contributed by atoms with van der Waals surface area (Å²) in [4.78, 5) is 52.5. The number of para-hydroxylation sites is 1. The van der Waals surface area contributed by atoms with Crippen LogP contribution in [0.5, 0.6) is 0 Å². The molecule has 2 amide bonds. The minimum Gasteiger partial charge on any atom is -0.457 e. The number of likely N-dealkylation sites (N-methyl/N-ethyl adjacent to an activating group) is 1. The summed E-state index contributed by atoms with van der Waals surface area (Å²) in [6, 6.07) is 12.7. The summed E-state index contributed by atoms with van der Waals surface area (Å²) in [5.74, 6) is -1.63. The number of amides is 2. The van der Waals surface area contributed by atoms with Gasteiger partial charge in [-0.15, -0.1) is 0 Å². The van der Waals surface area contributed by atoms with E-state index in [4.69, 9.17) is 4.74 Å². The quantitative estimate of drug-likeness (QED) is 0.530. The molecule has 4 rings (SSSR count). The van der Waals surface area contributed by atoms with Crippen molar-refractivity contribution >= 4 is 34.9 Å². The lowest BCUT2D eigenvalue weighted by Gasteiger charge is -2.19. The van der Waals surface area contributed by atoms with Crippen LogP contribution in [0, 0.1) is 5.92 Å². The number of anilines is 2. The van der Waals surface area contributed by atoms with Gasteiger partial charge in [0, 0.05) is 37.0 Å². The van der Waals surface area contributed by atoms with Crippen molar-refractivity contribution in [1.29, 1.82) is 0 Å². The van der Waals surface area contributed by atoms with E-state index in [1.54, 1.807) is 35.0 Å². The SMILES string of the molecule is CCc1ccccc1N1C[C@H](C(=O)OCC(=O)c2ccc3c(c2)CC(=O)N3C)CC1=O. The first kappa shape index (κ1) is 20.8. The van der Waals surface area contributed by atoms with Gasteiger partial charge in [-0.05, 0) is 41.8 Å². The molecule has 2 aliphatic heterocycles. The number of fused-ring (bicyclic) bond motifs is 1. The number of rotatable bonds is 6. The summed E-state index contributed by atoms with van der Waals surface area (Å²) in [5.41, 5.74) is 3.84. The number of nitrogens with zero attached hydrogens (tertiary/aromatic N) is 2. The van der Waals surface area contributed by atoms with Crippen LogP contribution < -0.4 is 9.80 Å². The lowest BCUT2D eigenvalue weighted by molar-refractivity contribution is -0.147. The zero-order valence-electron chi connectivity index (χ0n) is 17.6. The van der Waals surface area contributed by atoms with Crippen LogP contribution >= 0.6 is 0 Å². The molecule has 7 heteroatoms. The summed E-state index contributed by atoms with van der Waals surface area (Å²) < 4.78 is 5.25. The molecule has 0 bridgehead atoms. The van der Waals surface area contributed by atoms with Gasteiger partial charge in [0.05, 0.1) is 12.3 Å². The molecule has 0 saturated carbocycles. The molecule has 1 atom stereocenters. The third kappa shape index (κ3) is 3.95. The summed E-state index contributed by atoms with van der Waals surface area (Å²) in [7, 11) is 1.70. The Hall–Kier alpha value is -3.48. The van der Waals surface area contributed by atoms with E-state index in [1.807, 2.05) is 31.2 Å². The van der Waals surface area contributed by atoms with Crippen molar-refractivity contribution in [2.75, 3.05) is 30.0 Å². The van der Waals surface area contributed by atoms with Crippen LogP contribution in [0.3, 0.4) is 0 Å². The van der Waals surface area contributed by atoms with Gasteiger partial charge >= 0.3 is 5.97 Å². The maximum absolute atomic E-state index is 12.5. The van der Waals surface area contributed by atoms with E-state index in [1.165, 1.54) is 0 Å². The number of hydrogen-bond donors (Lipinski definition) is 0. The van der Waals surface area contributed by atoms with Crippen molar-refractivity contribution in [3.63, 3.8) is 0 Å². The predicted molar refractivity (Wildman–Crippen MR) is 115 cm³/mol. The highest BCUT2D eigenvalue weighted by molar-refractivity contribution is 6.04.